The molecule has 2 nitrogen and oxygen atoms in total. The molecule has 0 unspecified atom stereocenters. The molecule has 1 rings (SSSR count). The summed E-state index contributed by atoms with van der Waals surface area (Å²) in [6.45, 7) is 5.79. The van der Waals surface area contributed by atoms with Crippen molar-refractivity contribution in [1.29, 1.82) is 0 Å². The highest BCUT2D eigenvalue weighted by atomic mass is 19.4. The summed E-state index contributed by atoms with van der Waals surface area (Å²) >= 11 is 0. The second-order valence-corrected chi connectivity index (χ2v) is 4.20. The van der Waals surface area contributed by atoms with Crippen molar-refractivity contribution < 1.29 is 17.9 Å². The maximum Gasteiger partial charge on any atom is 0.478 e. The zero-order valence-electron chi connectivity index (χ0n) is 9.38. The van der Waals surface area contributed by atoms with Crippen LogP contribution in [0.1, 0.15) is 37.9 Å². The summed E-state index contributed by atoms with van der Waals surface area (Å²) in [5.74, 6) is 0.333. The van der Waals surface area contributed by atoms with Crippen LogP contribution < -0.4 is 4.73 Å². The van der Waals surface area contributed by atoms with Gasteiger partial charge in [-0.1, -0.05) is 20.8 Å². The summed E-state index contributed by atoms with van der Waals surface area (Å²) in [6, 6.07) is 2.20. The average Bonchev–Trinajstić information content (AvgIpc) is 2.14. The van der Waals surface area contributed by atoms with Crippen LogP contribution in [0.25, 0.3) is 0 Å². The van der Waals surface area contributed by atoms with E-state index in [2.05, 4.69) is 0 Å². The van der Waals surface area contributed by atoms with Crippen LogP contribution in [-0.4, -0.2) is 0 Å². The number of hydrogen-bond donors (Lipinski definition) is 0. The Bertz CT molecular complexity index is 374. The van der Waals surface area contributed by atoms with Crippen LogP contribution in [0.4, 0.5) is 13.2 Å². The van der Waals surface area contributed by atoms with Gasteiger partial charge in [0.15, 0.2) is 6.20 Å². The predicted molar refractivity (Wildman–Crippen MR) is 53.7 cm³/mol. The largest absolute Gasteiger partial charge is 0.618 e. The van der Waals surface area contributed by atoms with Gasteiger partial charge in [0.2, 0.25) is 0 Å². The van der Waals surface area contributed by atoms with Gasteiger partial charge < -0.3 is 5.21 Å². The summed E-state index contributed by atoms with van der Waals surface area (Å²) in [5, 5.41) is 11.2. The van der Waals surface area contributed by atoms with Gasteiger partial charge in [-0.3, -0.25) is 0 Å². The maximum absolute atomic E-state index is 12.3. The van der Waals surface area contributed by atoms with Gasteiger partial charge in [-0.15, -0.1) is 0 Å². The van der Waals surface area contributed by atoms with Crippen molar-refractivity contribution in [2.75, 3.05) is 0 Å². The molecule has 5 heteroatoms. The van der Waals surface area contributed by atoms with Crippen molar-refractivity contribution in [2.24, 2.45) is 5.92 Å². The van der Waals surface area contributed by atoms with Gasteiger partial charge in [0.1, 0.15) is 0 Å². The molecule has 0 aliphatic rings. The average molecular weight is 233 g/mol. The number of rotatable bonds is 2. The Kier molecular flexibility index (Phi) is 3.45. The lowest BCUT2D eigenvalue weighted by molar-refractivity contribution is -0.629. The minimum atomic E-state index is -4.60. The minimum Gasteiger partial charge on any atom is -0.618 e. The fourth-order valence-electron chi connectivity index (χ4n) is 1.37. The highest BCUT2D eigenvalue weighted by Crippen LogP contribution is 2.28. The van der Waals surface area contributed by atoms with E-state index in [-0.39, 0.29) is 16.6 Å². The molecule has 0 saturated heterocycles. The van der Waals surface area contributed by atoms with Crippen LogP contribution in [-0.2, 0) is 6.18 Å². The van der Waals surface area contributed by atoms with Crippen molar-refractivity contribution in [2.45, 2.75) is 32.9 Å². The van der Waals surface area contributed by atoms with Gasteiger partial charge in [0.05, 0.1) is 0 Å². The Balaban J connectivity index is 3.09. The smallest absolute Gasteiger partial charge is 0.478 e. The normalized spacial score (nSPS) is 14.2. The van der Waals surface area contributed by atoms with E-state index in [1.165, 1.54) is 6.07 Å². The lowest BCUT2D eigenvalue weighted by Gasteiger charge is -2.16. The molecule has 1 heterocycles. The highest BCUT2D eigenvalue weighted by molar-refractivity contribution is 5.15. The number of halogens is 3. The number of aromatic nitrogens is 1. The molecule has 0 fully saturated rings. The Morgan fingerprint density at radius 3 is 2.12 bits per heavy atom. The van der Waals surface area contributed by atoms with Crippen molar-refractivity contribution in [3.8, 4) is 0 Å². The van der Waals surface area contributed by atoms with E-state index in [0.717, 1.165) is 12.3 Å². The quantitative estimate of drug-likeness (QED) is 0.569. The molecule has 0 spiro atoms. The van der Waals surface area contributed by atoms with E-state index >= 15 is 0 Å². The fourth-order valence-corrected chi connectivity index (χ4v) is 1.37. The lowest BCUT2D eigenvalue weighted by atomic mass is 9.91. The Morgan fingerprint density at radius 1 is 1.19 bits per heavy atom. The molecule has 0 aliphatic carbocycles. The zero-order chi connectivity index (χ0) is 12.5. The third-order valence-corrected chi connectivity index (χ3v) is 2.75. The third kappa shape index (κ3) is 2.65. The minimum absolute atomic E-state index is 0.0579. The second kappa shape index (κ2) is 4.31. The highest BCUT2D eigenvalue weighted by Gasteiger charge is 2.39. The molecule has 1 aromatic rings. The molecule has 0 saturated carbocycles. The van der Waals surface area contributed by atoms with Crippen LogP contribution in [0.2, 0.25) is 0 Å². The molecular weight excluding hydrogens is 219 g/mol. The van der Waals surface area contributed by atoms with Crippen LogP contribution in [0.3, 0.4) is 0 Å². The van der Waals surface area contributed by atoms with Crippen molar-refractivity contribution in [1.82, 2.24) is 0 Å². The molecule has 16 heavy (non-hydrogen) atoms. The summed E-state index contributed by atoms with van der Waals surface area (Å²) in [4.78, 5) is 0. The van der Waals surface area contributed by atoms with Gasteiger partial charge in [0, 0.05) is 11.6 Å². The standard InChI is InChI=1S/C11H14F3NO/c1-7(2)8(3)9-4-5-10(11(12,13)14)15(16)6-9/h4-8H,1-3H3/t8-/m0/s1. The molecule has 90 valence electrons. The van der Waals surface area contributed by atoms with Crippen LogP contribution in [0.15, 0.2) is 18.3 Å². The summed E-state index contributed by atoms with van der Waals surface area (Å²) in [5.41, 5.74) is -0.551. The molecule has 0 aliphatic heterocycles. The SMILES string of the molecule is CC(C)[C@H](C)c1ccc(C(F)(F)F)[n+]([O-])c1. The number of hydrogen-bond acceptors (Lipinski definition) is 1. The summed E-state index contributed by atoms with van der Waals surface area (Å²) in [6.07, 6.45) is -3.59. The van der Waals surface area contributed by atoms with E-state index in [9.17, 15) is 18.4 Å². The molecule has 0 radical (unpaired) electrons. The monoisotopic (exact) mass is 233 g/mol. The predicted octanol–water partition coefficient (Wildman–Crippen LogP) is 3.10. The molecule has 1 atom stereocenters. The first-order valence-corrected chi connectivity index (χ1v) is 5.03. The second-order valence-electron chi connectivity index (χ2n) is 4.20. The third-order valence-electron chi connectivity index (χ3n) is 2.75. The van der Waals surface area contributed by atoms with Crippen molar-refractivity contribution >= 4 is 0 Å². The topological polar surface area (TPSA) is 26.9 Å². The van der Waals surface area contributed by atoms with Gasteiger partial charge in [-0.05, 0) is 17.9 Å². The van der Waals surface area contributed by atoms with Crippen molar-refractivity contribution in [3.63, 3.8) is 0 Å². The fraction of sp³-hybridized carbons (Fsp3) is 0.545. The summed E-state index contributed by atoms with van der Waals surface area (Å²) in [7, 11) is 0. The Morgan fingerprint density at radius 2 is 1.75 bits per heavy atom. The first kappa shape index (κ1) is 12.8. The van der Waals surface area contributed by atoms with E-state index < -0.39 is 11.9 Å². The first-order valence-electron chi connectivity index (χ1n) is 5.03. The Labute approximate surface area is 92.3 Å². The summed E-state index contributed by atoms with van der Waals surface area (Å²) < 4.78 is 36.9. The van der Waals surface area contributed by atoms with Crippen LogP contribution in [0.5, 0.6) is 0 Å². The van der Waals surface area contributed by atoms with E-state index in [1.54, 1.807) is 0 Å². The lowest BCUT2D eigenvalue weighted by Crippen LogP contribution is -2.37. The number of nitrogens with zero attached hydrogens (tertiary/aromatic N) is 1. The molecule has 0 aromatic carbocycles. The first-order chi connectivity index (χ1) is 7.23. The van der Waals surface area contributed by atoms with E-state index in [0.29, 0.717) is 5.56 Å². The molecule has 0 N–H and O–H groups in total. The van der Waals surface area contributed by atoms with E-state index in [1.807, 2.05) is 20.8 Å². The maximum atomic E-state index is 12.3. The molecule has 0 amide bonds. The van der Waals surface area contributed by atoms with Crippen LogP contribution in [0, 0.1) is 11.1 Å². The van der Waals surface area contributed by atoms with Gasteiger partial charge >= 0.3 is 6.18 Å². The number of pyridine rings is 1. The van der Waals surface area contributed by atoms with Crippen LogP contribution >= 0.6 is 0 Å². The van der Waals surface area contributed by atoms with Crippen molar-refractivity contribution in [3.05, 3.63) is 34.8 Å². The molecular formula is C11H14F3NO. The van der Waals surface area contributed by atoms with Gasteiger partial charge in [-0.2, -0.15) is 17.9 Å². The number of alkyl halides is 3. The molecule has 1 aromatic heterocycles. The molecule has 0 bridgehead atoms. The van der Waals surface area contributed by atoms with Gasteiger partial charge in [-0.25, -0.2) is 0 Å². The Hall–Kier alpha value is -1.26. The zero-order valence-corrected chi connectivity index (χ0v) is 9.38. The van der Waals surface area contributed by atoms with Gasteiger partial charge in [0.25, 0.3) is 5.69 Å². The van der Waals surface area contributed by atoms with E-state index in [4.69, 9.17) is 0 Å².